The van der Waals surface area contributed by atoms with Crippen LogP contribution in [0.2, 0.25) is 0 Å². The van der Waals surface area contributed by atoms with Crippen molar-refractivity contribution in [3.8, 4) is 6.07 Å². The summed E-state index contributed by atoms with van der Waals surface area (Å²) in [6.45, 7) is 4.60. The van der Waals surface area contributed by atoms with Crippen LogP contribution in [0.4, 0.5) is 4.39 Å². The van der Waals surface area contributed by atoms with E-state index in [0.29, 0.717) is 31.4 Å². The molecule has 6 heteroatoms. The molecule has 0 aliphatic heterocycles. The number of nitrogens with zero attached hydrogens (tertiary/aromatic N) is 3. The smallest absolute Gasteiger partial charge is 0.220 e. The van der Waals surface area contributed by atoms with Crippen LogP contribution in [0.25, 0.3) is 0 Å². The van der Waals surface area contributed by atoms with Crippen molar-refractivity contribution in [2.75, 3.05) is 0 Å². The topological polar surface area (TPSA) is 70.7 Å². The lowest BCUT2D eigenvalue weighted by molar-refractivity contribution is -0.121. The number of aryl methyl sites for hydroxylation is 2. The van der Waals surface area contributed by atoms with E-state index in [2.05, 4.69) is 16.5 Å². The molecule has 0 unspecified atom stereocenters. The Bertz CT molecular complexity index is 761. The van der Waals surface area contributed by atoms with Crippen LogP contribution >= 0.6 is 0 Å². The predicted molar refractivity (Wildman–Crippen MR) is 88.5 cm³/mol. The van der Waals surface area contributed by atoms with Crippen LogP contribution in [0.1, 0.15) is 35.4 Å². The van der Waals surface area contributed by atoms with E-state index in [1.807, 2.05) is 18.5 Å². The number of aromatic nitrogens is 2. The highest BCUT2D eigenvalue weighted by molar-refractivity contribution is 5.76. The summed E-state index contributed by atoms with van der Waals surface area (Å²) >= 11 is 0. The number of amides is 1. The Balaban J connectivity index is 1.89. The third-order valence-electron chi connectivity index (χ3n) is 4.00. The summed E-state index contributed by atoms with van der Waals surface area (Å²) in [4.78, 5) is 12.0. The van der Waals surface area contributed by atoms with Crippen molar-refractivity contribution in [1.29, 1.82) is 5.26 Å². The second-order valence-corrected chi connectivity index (χ2v) is 5.65. The van der Waals surface area contributed by atoms with Gasteiger partial charge in [0.2, 0.25) is 5.91 Å². The van der Waals surface area contributed by atoms with Gasteiger partial charge in [0.15, 0.2) is 0 Å². The number of nitrogens with one attached hydrogen (secondary N) is 1. The molecule has 0 saturated heterocycles. The van der Waals surface area contributed by atoms with Crippen LogP contribution in [0, 0.1) is 31.0 Å². The normalized spacial score (nSPS) is 10.4. The van der Waals surface area contributed by atoms with Crippen LogP contribution in [-0.4, -0.2) is 15.7 Å². The van der Waals surface area contributed by atoms with Gasteiger partial charge in [-0.25, -0.2) is 4.39 Å². The fraction of sp³-hybridized carbons (Fsp3) is 0.389. The zero-order valence-corrected chi connectivity index (χ0v) is 14.0. The Morgan fingerprint density at radius 2 is 2.12 bits per heavy atom. The van der Waals surface area contributed by atoms with Crippen molar-refractivity contribution in [3.05, 3.63) is 52.6 Å². The molecule has 0 aliphatic rings. The largest absolute Gasteiger partial charge is 0.352 e. The number of carbonyl (C=O) groups is 1. The van der Waals surface area contributed by atoms with Crippen LogP contribution < -0.4 is 5.32 Å². The maximum absolute atomic E-state index is 13.5. The van der Waals surface area contributed by atoms with E-state index in [1.165, 1.54) is 6.07 Å². The van der Waals surface area contributed by atoms with Gasteiger partial charge in [-0.2, -0.15) is 10.4 Å². The molecule has 0 spiro atoms. The summed E-state index contributed by atoms with van der Waals surface area (Å²) in [7, 11) is 0. The molecule has 1 amide bonds. The SMILES string of the molecule is Cc1nn(CCC#N)c(C)c1CCC(=O)NCc1ccccc1F. The van der Waals surface area contributed by atoms with Crippen LogP contribution in [0.3, 0.4) is 0 Å². The van der Waals surface area contributed by atoms with Gasteiger partial charge in [0.1, 0.15) is 5.82 Å². The van der Waals surface area contributed by atoms with Crippen molar-refractivity contribution in [2.45, 2.75) is 46.2 Å². The van der Waals surface area contributed by atoms with Crippen LogP contribution in [0.5, 0.6) is 0 Å². The summed E-state index contributed by atoms with van der Waals surface area (Å²) < 4.78 is 15.3. The second kappa shape index (κ2) is 8.25. The predicted octanol–water partition coefficient (Wildman–Crippen LogP) is 2.80. The summed E-state index contributed by atoms with van der Waals surface area (Å²) in [6, 6.07) is 8.50. The molecule has 0 atom stereocenters. The van der Waals surface area contributed by atoms with Crippen molar-refractivity contribution in [3.63, 3.8) is 0 Å². The molecule has 1 heterocycles. The van der Waals surface area contributed by atoms with E-state index in [9.17, 15) is 9.18 Å². The van der Waals surface area contributed by atoms with Gasteiger partial charge in [-0.05, 0) is 31.9 Å². The lowest BCUT2D eigenvalue weighted by Gasteiger charge is -2.07. The first-order valence-corrected chi connectivity index (χ1v) is 7.93. The molecular weight excluding hydrogens is 307 g/mol. The third-order valence-corrected chi connectivity index (χ3v) is 4.00. The van der Waals surface area contributed by atoms with Crippen molar-refractivity contribution in [1.82, 2.24) is 15.1 Å². The molecule has 126 valence electrons. The molecule has 0 radical (unpaired) electrons. The summed E-state index contributed by atoms with van der Waals surface area (Å²) in [6.07, 6.45) is 1.30. The number of nitriles is 1. The molecule has 1 aromatic carbocycles. The first-order chi connectivity index (χ1) is 11.5. The average Bonchev–Trinajstić information content (AvgIpc) is 2.84. The molecule has 5 nitrogen and oxygen atoms in total. The maximum atomic E-state index is 13.5. The van der Waals surface area contributed by atoms with E-state index in [0.717, 1.165) is 17.0 Å². The summed E-state index contributed by atoms with van der Waals surface area (Å²) in [5.41, 5.74) is 3.38. The van der Waals surface area contributed by atoms with Crippen molar-refractivity contribution >= 4 is 5.91 Å². The first-order valence-electron chi connectivity index (χ1n) is 7.93. The van der Waals surface area contributed by atoms with Gasteiger partial charge in [-0.15, -0.1) is 0 Å². The minimum absolute atomic E-state index is 0.123. The van der Waals surface area contributed by atoms with Crippen LogP contribution in [0.15, 0.2) is 24.3 Å². The van der Waals surface area contributed by atoms with E-state index in [-0.39, 0.29) is 18.3 Å². The molecule has 0 aliphatic carbocycles. The minimum atomic E-state index is -0.316. The van der Waals surface area contributed by atoms with Gasteiger partial charge >= 0.3 is 0 Å². The lowest BCUT2D eigenvalue weighted by atomic mass is 10.1. The van der Waals surface area contributed by atoms with Gasteiger partial charge in [-0.1, -0.05) is 18.2 Å². The van der Waals surface area contributed by atoms with Gasteiger partial charge in [-0.3, -0.25) is 9.48 Å². The maximum Gasteiger partial charge on any atom is 0.220 e. The van der Waals surface area contributed by atoms with Gasteiger partial charge in [0.05, 0.1) is 24.7 Å². The van der Waals surface area contributed by atoms with E-state index in [1.54, 1.807) is 18.2 Å². The van der Waals surface area contributed by atoms with Gasteiger partial charge < -0.3 is 5.32 Å². The van der Waals surface area contributed by atoms with E-state index in [4.69, 9.17) is 5.26 Å². The fourth-order valence-electron chi connectivity index (χ4n) is 2.63. The Labute approximate surface area is 141 Å². The van der Waals surface area contributed by atoms with Gasteiger partial charge in [0, 0.05) is 24.2 Å². The molecular formula is C18H21FN4O. The zero-order valence-electron chi connectivity index (χ0n) is 14.0. The third kappa shape index (κ3) is 4.42. The van der Waals surface area contributed by atoms with E-state index >= 15 is 0 Å². The molecule has 0 saturated carbocycles. The number of rotatable bonds is 7. The fourth-order valence-corrected chi connectivity index (χ4v) is 2.63. The van der Waals surface area contributed by atoms with E-state index < -0.39 is 0 Å². The molecule has 1 N–H and O–H groups in total. The molecule has 1 aromatic heterocycles. The molecule has 24 heavy (non-hydrogen) atoms. The first kappa shape index (κ1) is 17.7. The number of hydrogen-bond acceptors (Lipinski definition) is 3. The molecule has 0 bridgehead atoms. The molecule has 2 aromatic rings. The van der Waals surface area contributed by atoms with Gasteiger partial charge in [0.25, 0.3) is 0 Å². The second-order valence-electron chi connectivity index (χ2n) is 5.65. The van der Waals surface area contributed by atoms with Crippen molar-refractivity contribution in [2.24, 2.45) is 0 Å². The quantitative estimate of drug-likeness (QED) is 0.849. The highest BCUT2D eigenvalue weighted by atomic mass is 19.1. The number of halogens is 1. The Hall–Kier alpha value is -2.68. The highest BCUT2D eigenvalue weighted by Crippen LogP contribution is 2.15. The van der Waals surface area contributed by atoms with Crippen molar-refractivity contribution < 1.29 is 9.18 Å². The Morgan fingerprint density at radius 3 is 2.83 bits per heavy atom. The zero-order chi connectivity index (χ0) is 17.5. The monoisotopic (exact) mass is 328 g/mol. The standard InChI is InChI=1S/C18H21FN4O/c1-13-16(14(2)23(22-13)11-5-10-20)8-9-18(24)21-12-15-6-3-4-7-17(15)19/h3-4,6-7H,5,8-9,11-12H2,1-2H3,(H,21,24). The minimum Gasteiger partial charge on any atom is -0.352 e. The highest BCUT2D eigenvalue weighted by Gasteiger charge is 2.13. The number of hydrogen-bond donors (Lipinski definition) is 1. The summed E-state index contributed by atoms with van der Waals surface area (Å²) in [5.74, 6) is -0.440. The Kier molecular flexibility index (Phi) is 6.07. The van der Waals surface area contributed by atoms with Crippen LogP contribution in [-0.2, 0) is 24.3 Å². The average molecular weight is 328 g/mol. The summed E-state index contributed by atoms with van der Waals surface area (Å²) in [5, 5.41) is 15.8. The Morgan fingerprint density at radius 1 is 1.38 bits per heavy atom. The molecule has 2 rings (SSSR count). The number of carbonyl (C=O) groups excluding carboxylic acids is 1. The molecule has 0 fully saturated rings. The number of benzene rings is 1. The lowest BCUT2D eigenvalue weighted by Crippen LogP contribution is -2.23.